The van der Waals surface area contributed by atoms with Gasteiger partial charge in [0, 0.05) is 12.8 Å². The summed E-state index contributed by atoms with van der Waals surface area (Å²) in [5, 5.41) is 9.70. The lowest BCUT2D eigenvalue weighted by molar-refractivity contribution is -0.161. The van der Waals surface area contributed by atoms with Crippen molar-refractivity contribution in [3.63, 3.8) is 0 Å². The molecule has 1 atom stereocenters. The number of rotatable bonds is 61. The van der Waals surface area contributed by atoms with Crippen molar-refractivity contribution in [2.24, 2.45) is 0 Å². The van der Waals surface area contributed by atoms with E-state index in [9.17, 15) is 14.7 Å². The smallest absolute Gasteiger partial charge is 0.306 e. The molecular weight excluding hydrogens is 1000 g/mol. The first kappa shape index (κ1) is 77.5. The van der Waals surface area contributed by atoms with E-state index < -0.39 is 6.10 Å². The van der Waals surface area contributed by atoms with Crippen LogP contribution in [0.4, 0.5) is 0 Å². The maximum Gasteiger partial charge on any atom is 0.306 e. The highest BCUT2D eigenvalue weighted by Gasteiger charge is 2.16. The molecule has 0 heterocycles. The Morgan fingerprint density at radius 2 is 0.488 bits per heavy atom. The van der Waals surface area contributed by atoms with Crippen LogP contribution in [-0.4, -0.2) is 36.4 Å². The number of allylic oxidation sites excluding steroid dienone is 26. The molecule has 82 heavy (non-hydrogen) atoms. The van der Waals surface area contributed by atoms with Crippen molar-refractivity contribution in [2.45, 2.75) is 302 Å². The van der Waals surface area contributed by atoms with Gasteiger partial charge in [0.1, 0.15) is 6.61 Å². The van der Waals surface area contributed by atoms with Crippen LogP contribution in [0.5, 0.6) is 0 Å². The molecule has 0 aromatic carbocycles. The average Bonchev–Trinajstić information content (AvgIpc) is 3.49. The second-order valence-electron chi connectivity index (χ2n) is 22.1. The molecule has 0 rings (SSSR count). The molecule has 0 aliphatic heterocycles. The van der Waals surface area contributed by atoms with Crippen molar-refractivity contribution in [1.82, 2.24) is 0 Å². The lowest BCUT2D eigenvalue weighted by Crippen LogP contribution is -2.28. The molecule has 0 aliphatic rings. The van der Waals surface area contributed by atoms with E-state index in [1.807, 2.05) is 0 Å². The predicted molar refractivity (Wildman–Crippen MR) is 361 cm³/mol. The third-order valence-electron chi connectivity index (χ3n) is 14.3. The second kappa shape index (κ2) is 70.8. The number of hydrogen-bond donors (Lipinski definition) is 1. The summed E-state index contributed by atoms with van der Waals surface area (Å²) in [5.41, 5.74) is 0. The van der Waals surface area contributed by atoms with Gasteiger partial charge < -0.3 is 14.6 Å². The molecule has 0 aliphatic carbocycles. The summed E-state index contributed by atoms with van der Waals surface area (Å²) in [7, 11) is 0. The number of unbranched alkanes of at least 4 members (excludes halogenated alkanes) is 27. The molecule has 1 N–H and O–H groups in total. The van der Waals surface area contributed by atoms with E-state index >= 15 is 0 Å². The van der Waals surface area contributed by atoms with Crippen molar-refractivity contribution in [3.8, 4) is 0 Å². The Balaban J connectivity index is 3.52. The molecule has 0 fully saturated rings. The first-order valence-corrected chi connectivity index (χ1v) is 34.0. The minimum absolute atomic E-state index is 0.0754. The van der Waals surface area contributed by atoms with Crippen LogP contribution in [0.25, 0.3) is 0 Å². The van der Waals surface area contributed by atoms with Gasteiger partial charge in [0.2, 0.25) is 0 Å². The van der Waals surface area contributed by atoms with Crippen LogP contribution in [0.2, 0.25) is 0 Å². The van der Waals surface area contributed by atoms with Gasteiger partial charge in [0.05, 0.1) is 6.61 Å². The molecule has 0 aromatic rings. The fourth-order valence-corrected chi connectivity index (χ4v) is 9.31. The zero-order chi connectivity index (χ0) is 59.1. The van der Waals surface area contributed by atoms with Crippen LogP contribution in [0.15, 0.2) is 158 Å². The molecular formula is C77H126O5. The Kier molecular flexibility index (Phi) is 66.9. The Bertz CT molecular complexity index is 1760. The monoisotopic (exact) mass is 1130 g/mol. The number of carbonyl (C=O) groups is 2. The second-order valence-corrected chi connectivity index (χ2v) is 22.1. The van der Waals surface area contributed by atoms with E-state index in [4.69, 9.17) is 9.47 Å². The van der Waals surface area contributed by atoms with E-state index in [-0.39, 0.29) is 25.2 Å². The van der Waals surface area contributed by atoms with Crippen LogP contribution in [0, 0.1) is 0 Å². The number of aliphatic hydroxyl groups excluding tert-OH is 1. The molecule has 0 bridgehead atoms. The summed E-state index contributed by atoms with van der Waals surface area (Å²) in [6.07, 6.45) is 108. The number of esters is 2. The van der Waals surface area contributed by atoms with Gasteiger partial charge >= 0.3 is 11.9 Å². The molecule has 0 spiro atoms. The Morgan fingerprint density at radius 3 is 0.732 bits per heavy atom. The van der Waals surface area contributed by atoms with Gasteiger partial charge in [-0.25, -0.2) is 0 Å². The summed E-state index contributed by atoms with van der Waals surface area (Å²) >= 11 is 0. The summed E-state index contributed by atoms with van der Waals surface area (Å²) in [6.45, 7) is 3.92. The predicted octanol–water partition coefficient (Wildman–Crippen LogP) is 23.9. The largest absolute Gasteiger partial charge is 0.462 e. The van der Waals surface area contributed by atoms with Gasteiger partial charge in [-0.05, 0) is 122 Å². The fourth-order valence-electron chi connectivity index (χ4n) is 9.31. The normalized spacial score (nSPS) is 13.3. The van der Waals surface area contributed by atoms with E-state index in [1.165, 1.54) is 141 Å². The molecule has 1 unspecified atom stereocenters. The van der Waals surface area contributed by atoms with Crippen LogP contribution in [0.3, 0.4) is 0 Å². The van der Waals surface area contributed by atoms with Crippen molar-refractivity contribution in [2.75, 3.05) is 13.2 Å². The van der Waals surface area contributed by atoms with E-state index in [0.29, 0.717) is 12.8 Å². The number of hydrogen-bond acceptors (Lipinski definition) is 5. The van der Waals surface area contributed by atoms with Crippen molar-refractivity contribution in [1.29, 1.82) is 0 Å². The first-order valence-electron chi connectivity index (χ1n) is 34.0. The maximum absolute atomic E-state index is 12.4. The van der Waals surface area contributed by atoms with Gasteiger partial charge in [-0.1, -0.05) is 320 Å². The maximum atomic E-state index is 12.4. The lowest BCUT2D eigenvalue weighted by atomic mass is 10.0. The molecule has 0 radical (unpaired) electrons. The summed E-state index contributed by atoms with van der Waals surface area (Å²) in [4.78, 5) is 24.7. The molecule has 5 nitrogen and oxygen atoms in total. The highest BCUT2D eigenvalue weighted by atomic mass is 16.6. The standard InChI is InChI=1S/C77H126O5/c1-3-5-7-9-11-13-15-17-19-21-23-25-27-29-31-33-35-37-38-40-41-43-45-47-49-51-53-55-57-59-61-63-65-67-69-71-76(79)81-74-75(73-78)82-77(80)72-70-68-66-64-62-60-58-56-54-52-50-48-46-44-42-39-36-34-32-30-28-26-24-22-20-18-16-14-12-10-8-6-4-2/h5-8,11-14,17-20,23-26,29-32,36,39,44,46,50,52,75,78H,3-4,9-10,15-16,21-22,27-28,33-35,37-38,40-43,45,47-49,51,53-74H2,1-2H3/b7-5-,8-6-,13-11-,14-12-,19-17-,20-18-,25-23-,26-24-,31-29-,32-30-,39-36-,46-44-,52-50-. The van der Waals surface area contributed by atoms with Gasteiger partial charge in [0.25, 0.3) is 0 Å². The Morgan fingerprint density at radius 1 is 0.280 bits per heavy atom. The van der Waals surface area contributed by atoms with E-state index in [2.05, 4.69) is 172 Å². The van der Waals surface area contributed by atoms with Crippen molar-refractivity contribution >= 4 is 11.9 Å². The third kappa shape index (κ3) is 68.0. The summed E-state index contributed by atoms with van der Waals surface area (Å²) in [5.74, 6) is -0.600. The molecule has 464 valence electrons. The van der Waals surface area contributed by atoms with Crippen LogP contribution >= 0.6 is 0 Å². The third-order valence-corrected chi connectivity index (χ3v) is 14.3. The minimum Gasteiger partial charge on any atom is -0.462 e. The van der Waals surface area contributed by atoms with Crippen LogP contribution < -0.4 is 0 Å². The van der Waals surface area contributed by atoms with Crippen molar-refractivity contribution < 1.29 is 24.2 Å². The Labute approximate surface area is 507 Å². The summed E-state index contributed by atoms with van der Waals surface area (Å²) in [6, 6.07) is 0. The first-order chi connectivity index (χ1) is 40.6. The van der Waals surface area contributed by atoms with E-state index in [0.717, 1.165) is 128 Å². The fraction of sp³-hybridized carbons (Fsp3) is 0.636. The van der Waals surface area contributed by atoms with E-state index in [1.54, 1.807) is 0 Å². The Hall–Kier alpha value is -4.48. The molecule has 0 saturated heterocycles. The van der Waals surface area contributed by atoms with Crippen LogP contribution in [0.1, 0.15) is 296 Å². The highest BCUT2D eigenvalue weighted by Crippen LogP contribution is 2.17. The average molecular weight is 1130 g/mol. The zero-order valence-electron chi connectivity index (χ0n) is 53.2. The molecule has 0 amide bonds. The van der Waals surface area contributed by atoms with Gasteiger partial charge in [-0.2, -0.15) is 0 Å². The lowest BCUT2D eigenvalue weighted by Gasteiger charge is -2.15. The van der Waals surface area contributed by atoms with Gasteiger partial charge in [0.15, 0.2) is 6.10 Å². The zero-order valence-corrected chi connectivity index (χ0v) is 53.2. The minimum atomic E-state index is -0.788. The number of ether oxygens (including phenoxy) is 2. The van der Waals surface area contributed by atoms with Gasteiger partial charge in [-0.3, -0.25) is 9.59 Å². The summed E-state index contributed by atoms with van der Waals surface area (Å²) < 4.78 is 10.7. The van der Waals surface area contributed by atoms with Crippen LogP contribution in [-0.2, 0) is 19.1 Å². The van der Waals surface area contributed by atoms with Crippen molar-refractivity contribution in [3.05, 3.63) is 158 Å². The highest BCUT2D eigenvalue weighted by molar-refractivity contribution is 5.70. The molecule has 5 heteroatoms. The molecule has 0 aromatic heterocycles. The SMILES string of the molecule is CC/C=C\C/C=C\C/C=C\C/C=C\C/C=C\C/C=C\C/C=C\C/C=C\CCCCCCCCCCC(=O)OC(CO)COC(=O)CCCCCCCCCCCCCCCCCCCCC/C=C\C/C=C\C/C=C\C/C=C\C/C=C\CC. The number of carbonyl (C=O) groups excluding carboxylic acids is 2. The van der Waals surface area contributed by atoms with Gasteiger partial charge in [-0.15, -0.1) is 0 Å². The molecule has 0 saturated carbocycles. The quantitative estimate of drug-likeness (QED) is 0.0373. The topological polar surface area (TPSA) is 72.8 Å². The number of aliphatic hydroxyl groups is 1.